The molecular weight excluding hydrogens is 220 g/mol. The Labute approximate surface area is 87.1 Å². The normalized spacial score (nSPS) is 22.3. The Morgan fingerprint density at radius 3 is 2.57 bits per heavy atom. The van der Waals surface area contributed by atoms with Gasteiger partial charge in [-0.05, 0) is 12.8 Å². The fourth-order valence-electron chi connectivity index (χ4n) is 1.67. The highest BCUT2D eigenvalue weighted by atomic mass is 32.2. The molecule has 1 aliphatic rings. The van der Waals surface area contributed by atoms with Crippen LogP contribution in [0.2, 0.25) is 0 Å². The zero-order valence-electron chi connectivity index (χ0n) is 7.64. The molecule has 0 radical (unpaired) electrons. The summed E-state index contributed by atoms with van der Waals surface area (Å²) < 4.78 is 22.4. The summed E-state index contributed by atoms with van der Waals surface area (Å²) in [6.45, 7) is 0. The lowest BCUT2D eigenvalue weighted by Gasteiger charge is -2.19. The maximum Gasteiger partial charge on any atom is 0.180 e. The first-order valence-corrected chi connectivity index (χ1v) is 7.18. The van der Waals surface area contributed by atoms with Gasteiger partial charge in [0.05, 0.1) is 17.2 Å². The van der Waals surface area contributed by atoms with Gasteiger partial charge in [-0.15, -0.1) is 11.3 Å². The molecule has 0 spiro atoms. The van der Waals surface area contributed by atoms with Gasteiger partial charge in [0.2, 0.25) is 0 Å². The van der Waals surface area contributed by atoms with Crippen LogP contribution in [0.1, 0.15) is 24.5 Å². The average Bonchev–Trinajstić information content (AvgIpc) is 2.52. The maximum absolute atomic E-state index is 11.2. The van der Waals surface area contributed by atoms with Crippen LogP contribution in [0.25, 0.3) is 0 Å². The Hall–Kier alpha value is -0.620. The summed E-state index contributed by atoms with van der Waals surface area (Å²) in [5.74, 6) is 0.858. The molecule has 78 valence electrons. The van der Waals surface area contributed by atoms with Gasteiger partial charge in [-0.25, -0.2) is 13.4 Å². The van der Waals surface area contributed by atoms with E-state index >= 15 is 0 Å². The number of aromatic nitrogens is 1. The van der Waals surface area contributed by atoms with Crippen LogP contribution < -0.4 is 5.73 Å². The van der Waals surface area contributed by atoms with Crippen LogP contribution in [0.15, 0.2) is 5.38 Å². The molecule has 14 heavy (non-hydrogen) atoms. The monoisotopic (exact) mass is 232 g/mol. The van der Waals surface area contributed by atoms with Crippen molar-refractivity contribution in [3.63, 3.8) is 0 Å². The van der Waals surface area contributed by atoms with Crippen LogP contribution in [0.4, 0.5) is 5.13 Å². The second-order valence-corrected chi connectivity index (χ2v) is 6.73. The van der Waals surface area contributed by atoms with E-state index in [1.165, 1.54) is 11.3 Å². The van der Waals surface area contributed by atoms with E-state index in [9.17, 15) is 8.42 Å². The first kappa shape index (κ1) is 9.92. The van der Waals surface area contributed by atoms with Crippen molar-refractivity contribution in [2.24, 2.45) is 0 Å². The highest BCUT2D eigenvalue weighted by Gasteiger charge is 2.25. The Kier molecular flexibility index (Phi) is 2.48. The van der Waals surface area contributed by atoms with Crippen molar-refractivity contribution in [3.8, 4) is 0 Å². The van der Waals surface area contributed by atoms with Crippen molar-refractivity contribution in [3.05, 3.63) is 11.1 Å². The Morgan fingerprint density at radius 1 is 1.43 bits per heavy atom. The zero-order valence-corrected chi connectivity index (χ0v) is 9.27. The van der Waals surface area contributed by atoms with Crippen LogP contribution in [-0.2, 0) is 9.84 Å². The van der Waals surface area contributed by atoms with Crippen molar-refractivity contribution in [2.45, 2.75) is 18.8 Å². The third kappa shape index (κ3) is 2.06. The first-order valence-electron chi connectivity index (χ1n) is 4.48. The molecule has 0 unspecified atom stereocenters. The van der Waals surface area contributed by atoms with Gasteiger partial charge >= 0.3 is 0 Å². The Morgan fingerprint density at radius 2 is 2.07 bits per heavy atom. The standard InChI is InChI=1S/C8H12N2O2S2/c9-8-10-7(5-13-8)6-1-3-14(11,12)4-2-6/h5-6H,1-4H2,(H2,9,10). The zero-order chi connectivity index (χ0) is 10.2. The van der Waals surface area contributed by atoms with Crippen molar-refractivity contribution >= 4 is 26.3 Å². The van der Waals surface area contributed by atoms with E-state index in [-0.39, 0.29) is 17.4 Å². The van der Waals surface area contributed by atoms with Gasteiger partial charge in [-0.3, -0.25) is 0 Å². The highest BCUT2D eigenvalue weighted by molar-refractivity contribution is 7.91. The highest BCUT2D eigenvalue weighted by Crippen LogP contribution is 2.30. The van der Waals surface area contributed by atoms with E-state index in [4.69, 9.17) is 5.73 Å². The third-order valence-corrected chi connectivity index (χ3v) is 4.92. The minimum atomic E-state index is -2.77. The van der Waals surface area contributed by atoms with E-state index in [0.717, 1.165) is 5.69 Å². The maximum atomic E-state index is 11.2. The van der Waals surface area contributed by atoms with Crippen LogP contribution in [0.3, 0.4) is 0 Å². The molecule has 2 rings (SSSR count). The summed E-state index contributed by atoms with van der Waals surface area (Å²) >= 11 is 1.42. The van der Waals surface area contributed by atoms with E-state index < -0.39 is 9.84 Å². The van der Waals surface area contributed by atoms with Crippen LogP contribution in [-0.4, -0.2) is 24.9 Å². The summed E-state index contributed by atoms with van der Waals surface area (Å²) in [5, 5.41) is 2.49. The van der Waals surface area contributed by atoms with Gasteiger partial charge in [0.25, 0.3) is 0 Å². The number of nitrogens with two attached hydrogens (primary N) is 1. The molecule has 2 heterocycles. The minimum absolute atomic E-state index is 0.284. The number of nitrogen functional groups attached to an aromatic ring is 1. The molecule has 0 bridgehead atoms. The van der Waals surface area contributed by atoms with E-state index in [1.54, 1.807) is 0 Å². The second kappa shape index (κ2) is 3.51. The first-order chi connectivity index (χ1) is 6.57. The van der Waals surface area contributed by atoms with Gasteiger partial charge in [0.1, 0.15) is 9.84 Å². The van der Waals surface area contributed by atoms with Gasteiger partial charge in [0.15, 0.2) is 5.13 Å². The van der Waals surface area contributed by atoms with Crippen LogP contribution in [0, 0.1) is 0 Å². The van der Waals surface area contributed by atoms with Gasteiger partial charge in [0, 0.05) is 11.3 Å². The van der Waals surface area contributed by atoms with Crippen LogP contribution >= 0.6 is 11.3 Å². The van der Waals surface area contributed by atoms with Crippen LogP contribution in [0.5, 0.6) is 0 Å². The molecule has 4 nitrogen and oxygen atoms in total. The summed E-state index contributed by atoms with van der Waals surface area (Å²) in [7, 11) is -2.77. The molecule has 0 atom stereocenters. The largest absolute Gasteiger partial charge is 0.375 e. The summed E-state index contributed by atoms with van der Waals surface area (Å²) in [6, 6.07) is 0. The molecule has 1 aromatic heterocycles. The molecule has 1 aliphatic heterocycles. The van der Waals surface area contributed by atoms with E-state index in [2.05, 4.69) is 4.98 Å². The number of anilines is 1. The second-order valence-electron chi connectivity index (χ2n) is 3.54. The molecular formula is C8H12N2O2S2. The molecule has 6 heteroatoms. The van der Waals surface area contributed by atoms with Gasteiger partial charge < -0.3 is 5.73 Å². The lowest BCUT2D eigenvalue weighted by Crippen LogP contribution is -2.22. The van der Waals surface area contributed by atoms with Gasteiger partial charge in [-0.1, -0.05) is 0 Å². The third-order valence-electron chi connectivity index (χ3n) is 2.51. The number of rotatable bonds is 1. The van der Waals surface area contributed by atoms with Crippen molar-refractivity contribution in [1.29, 1.82) is 0 Å². The molecule has 0 aromatic carbocycles. The number of hydrogen-bond donors (Lipinski definition) is 1. The fraction of sp³-hybridized carbons (Fsp3) is 0.625. The summed E-state index contributed by atoms with van der Waals surface area (Å²) in [6.07, 6.45) is 1.37. The SMILES string of the molecule is Nc1nc(C2CCS(=O)(=O)CC2)cs1. The van der Waals surface area contributed by atoms with Gasteiger partial charge in [-0.2, -0.15) is 0 Å². The Balaban J connectivity index is 2.09. The van der Waals surface area contributed by atoms with Crippen molar-refractivity contribution < 1.29 is 8.42 Å². The molecule has 1 fully saturated rings. The molecule has 1 aromatic rings. The minimum Gasteiger partial charge on any atom is -0.375 e. The topological polar surface area (TPSA) is 73.0 Å². The summed E-state index contributed by atoms with van der Waals surface area (Å²) in [5.41, 5.74) is 6.49. The summed E-state index contributed by atoms with van der Waals surface area (Å²) in [4.78, 5) is 4.18. The molecule has 2 N–H and O–H groups in total. The number of hydrogen-bond acceptors (Lipinski definition) is 5. The van der Waals surface area contributed by atoms with Crippen molar-refractivity contribution in [2.75, 3.05) is 17.2 Å². The predicted octanol–water partition coefficient (Wildman–Crippen LogP) is 1.02. The molecule has 0 aliphatic carbocycles. The number of nitrogens with zero attached hydrogens (tertiary/aromatic N) is 1. The lowest BCUT2D eigenvalue weighted by atomic mass is 10.0. The quantitative estimate of drug-likeness (QED) is 0.784. The fourth-order valence-corrected chi connectivity index (χ4v) is 3.81. The van der Waals surface area contributed by atoms with E-state index in [0.29, 0.717) is 18.0 Å². The average molecular weight is 232 g/mol. The number of thiazole rings is 1. The molecule has 0 saturated carbocycles. The lowest BCUT2D eigenvalue weighted by molar-refractivity contribution is 0.546. The van der Waals surface area contributed by atoms with Crippen molar-refractivity contribution in [1.82, 2.24) is 4.98 Å². The predicted molar refractivity (Wildman–Crippen MR) is 57.2 cm³/mol. The number of sulfone groups is 1. The Bertz CT molecular complexity index is 410. The smallest absolute Gasteiger partial charge is 0.180 e. The molecule has 0 amide bonds. The molecule has 1 saturated heterocycles. The van der Waals surface area contributed by atoms with E-state index in [1.807, 2.05) is 5.38 Å².